The average molecular weight is 282 g/mol. The molecule has 0 bridgehead atoms. The molecule has 2 saturated heterocycles. The molecule has 0 aromatic heterocycles. The van der Waals surface area contributed by atoms with Crippen LogP contribution in [0.3, 0.4) is 0 Å². The van der Waals surface area contributed by atoms with E-state index in [2.05, 4.69) is 11.8 Å². The van der Waals surface area contributed by atoms with E-state index >= 15 is 0 Å². The van der Waals surface area contributed by atoms with Crippen molar-refractivity contribution in [2.24, 2.45) is 11.8 Å². The lowest BCUT2D eigenvalue weighted by Gasteiger charge is -2.48. The molecule has 5 nitrogen and oxygen atoms in total. The molecule has 4 unspecified atom stereocenters. The number of amides is 1. The van der Waals surface area contributed by atoms with Crippen molar-refractivity contribution in [1.82, 2.24) is 9.80 Å². The third kappa shape index (κ3) is 2.97. The maximum atomic E-state index is 12.6. The van der Waals surface area contributed by atoms with Crippen LogP contribution in [0.4, 0.5) is 0 Å². The van der Waals surface area contributed by atoms with Gasteiger partial charge in [-0.2, -0.15) is 0 Å². The second-order valence-electron chi connectivity index (χ2n) is 6.40. The van der Waals surface area contributed by atoms with Crippen LogP contribution in [-0.2, 0) is 9.59 Å². The molecule has 2 heterocycles. The highest BCUT2D eigenvalue weighted by molar-refractivity contribution is 5.84. The number of carbonyl (C=O) groups is 2. The van der Waals surface area contributed by atoms with E-state index in [1.807, 2.05) is 4.90 Å². The Morgan fingerprint density at radius 1 is 1.15 bits per heavy atom. The van der Waals surface area contributed by atoms with E-state index in [9.17, 15) is 9.59 Å². The first-order valence-electron chi connectivity index (χ1n) is 7.69. The highest BCUT2D eigenvalue weighted by Gasteiger charge is 2.38. The van der Waals surface area contributed by atoms with E-state index in [1.165, 1.54) is 12.8 Å². The minimum atomic E-state index is -0.894. The number of carbonyl (C=O) groups excluding carboxylic acids is 1. The summed E-state index contributed by atoms with van der Waals surface area (Å²) in [4.78, 5) is 28.0. The zero-order chi connectivity index (χ0) is 14.9. The van der Waals surface area contributed by atoms with Gasteiger partial charge in [0.15, 0.2) is 0 Å². The number of aliphatic carboxylic acids is 1. The Kier molecular flexibility index (Phi) is 4.68. The van der Waals surface area contributed by atoms with E-state index < -0.39 is 17.8 Å². The van der Waals surface area contributed by atoms with Gasteiger partial charge in [-0.3, -0.25) is 14.5 Å². The van der Waals surface area contributed by atoms with Gasteiger partial charge in [-0.05, 0) is 26.3 Å². The number of hydrogen-bond donors (Lipinski definition) is 1. The lowest BCUT2D eigenvalue weighted by molar-refractivity contribution is -0.152. The first kappa shape index (κ1) is 15.3. The van der Waals surface area contributed by atoms with Crippen LogP contribution in [0, 0.1) is 11.8 Å². The van der Waals surface area contributed by atoms with E-state index in [0.717, 1.165) is 26.1 Å². The highest BCUT2D eigenvalue weighted by atomic mass is 16.4. The van der Waals surface area contributed by atoms with Gasteiger partial charge in [0.05, 0.1) is 5.92 Å². The summed E-state index contributed by atoms with van der Waals surface area (Å²) in [6, 6.07) is 0.650. The van der Waals surface area contributed by atoms with Crippen LogP contribution in [0.5, 0.6) is 0 Å². The molecule has 0 spiro atoms. The number of fused-ring (bicyclic) bond motifs is 1. The quantitative estimate of drug-likeness (QED) is 0.850. The summed E-state index contributed by atoms with van der Waals surface area (Å²) in [7, 11) is 0. The van der Waals surface area contributed by atoms with Crippen LogP contribution in [0.15, 0.2) is 0 Å². The standard InChI is InChI=1S/C15H26N2O3/c1-10-8-16-7-5-4-6-13(16)9-17(10)14(18)11(2)12(3)15(19)20/h10-13H,4-9H2,1-3H3,(H,19,20). The van der Waals surface area contributed by atoms with Crippen LogP contribution >= 0.6 is 0 Å². The fourth-order valence-electron chi connectivity index (χ4n) is 3.35. The molecule has 2 aliphatic rings. The largest absolute Gasteiger partial charge is 0.481 e. The van der Waals surface area contributed by atoms with E-state index in [4.69, 9.17) is 5.11 Å². The molecular formula is C15H26N2O3. The lowest BCUT2D eigenvalue weighted by Crippen LogP contribution is -2.61. The molecule has 4 atom stereocenters. The van der Waals surface area contributed by atoms with Gasteiger partial charge in [0.25, 0.3) is 0 Å². The summed E-state index contributed by atoms with van der Waals surface area (Å²) >= 11 is 0. The molecule has 5 heteroatoms. The Hall–Kier alpha value is -1.10. The monoisotopic (exact) mass is 282 g/mol. The minimum absolute atomic E-state index is 0.00220. The topological polar surface area (TPSA) is 60.9 Å². The van der Waals surface area contributed by atoms with Crippen molar-refractivity contribution in [2.75, 3.05) is 19.6 Å². The van der Waals surface area contributed by atoms with E-state index in [1.54, 1.807) is 13.8 Å². The molecule has 0 aromatic carbocycles. The van der Waals surface area contributed by atoms with Gasteiger partial charge in [-0.1, -0.05) is 20.3 Å². The Labute approximate surface area is 120 Å². The van der Waals surface area contributed by atoms with Crippen molar-refractivity contribution in [2.45, 2.75) is 52.1 Å². The Morgan fingerprint density at radius 2 is 1.85 bits per heavy atom. The highest BCUT2D eigenvalue weighted by Crippen LogP contribution is 2.26. The van der Waals surface area contributed by atoms with Crippen molar-refractivity contribution >= 4 is 11.9 Å². The zero-order valence-electron chi connectivity index (χ0n) is 12.7. The van der Waals surface area contributed by atoms with Crippen LogP contribution in [0.1, 0.15) is 40.0 Å². The number of rotatable bonds is 3. The average Bonchev–Trinajstić information content (AvgIpc) is 2.44. The lowest BCUT2D eigenvalue weighted by atomic mass is 9.91. The zero-order valence-corrected chi connectivity index (χ0v) is 12.7. The number of piperazine rings is 1. The normalized spacial score (nSPS) is 30.4. The summed E-state index contributed by atoms with van der Waals surface area (Å²) in [5.74, 6) is -1.98. The van der Waals surface area contributed by atoms with Gasteiger partial charge in [-0.15, -0.1) is 0 Å². The number of hydrogen-bond acceptors (Lipinski definition) is 3. The SMILES string of the molecule is CC(C(=O)O)C(C)C(=O)N1CC2CCCCN2CC1C. The maximum absolute atomic E-state index is 12.6. The second-order valence-corrected chi connectivity index (χ2v) is 6.40. The third-order valence-corrected chi connectivity index (χ3v) is 5.00. The smallest absolute Gasteiger partial charge is 0.307 e. The van der Waals surface area contributed by atoms with Crippen molar-refractivity contribution in [3.63, 3.8) is 0 Å². The predicted molar refractivity (Wildman–Crippen MR) is 76.4 cm³/mol. The second kappa shape index (κ2) is 6.12. The molecule has 1 N–H and O–H groups in total. The summed E-state index contributed by atoms with van der Waals surface area (Å²) in [5.41, 5.74) is 0. The molecule has 2 aliphatic heterocycles. The summed E-state index contributed by atoms with van der Waals surface area (Å²) < 4.78 is 0. The molecule has 114 valence electrons. The summed E-state index contributed by atoms with van der Waals surface area (Å²) in [6.45, 7) is 8.24. The van der Waals surface area contributed by atoms with Gasteiger partial charge in [-0.25, -0.2) is 0 Å². The molecule has 0 aliphatic carbocycles. The van der Waals surface area contributed by atoms with Crippen LogP contribution < -0.4 is 0 Å². The van der Waals surface area contributed by atoms with Crippen molar-refractivity contribution < 1.29 is 14.7 Å². The molecule has 1 amide bonds. The Balaban J connectivity index is 2.03. The van der Waals surface area contributed by atoms with Gasteiger partial charge in [0, 0.05) is 31.1 Å². The molecule has 2 fully saturated rings. The molecule has 0 aromatic rings. The molecular weight excluding hydrogens is 256 g/mol. The number of carboxylic acids is 1. The van der Waals surface area contributed by atoms with Crippen LogP contribution in [0.2, 0.25) is 0 Å². The first-order valence-corrected chi connectivity index (χ1v) is 7.69. The summed E-state index contributed by atoms with van der Waals surface area (Å²) in [5, 5.41) is 9.07. The first-order chi connectivity index (χ1) is 9.41. The van der Waals surface area contributed by atoms with Crippen molar-refractivity contribution in [3.05, 3.63) is 0 Å². The summed E-state index contributed by atoms with van der Waals surface area (Å²) in [6.07, 6.45) is 3.64. The van der Waals surface area contributed by atoms with Crippen LogP contribution in [-0.4, -0.2) is 58.5 Å². The fraction of sp³-hybridized carbons (Fsp3) is 0.867. The predicted octanol–water partition coefficient (Wildman–Crippen LogP) is 1.43. The number of nitrogens with zero attached hydrogens (tertiary/aromatic N) is 2. The van der Waals surface area contributed by atoms with Crippen LogP contribution in [0.25, 0.3) is 0 Å². The third-order valence-electron chi connectivity index (χ3n) is 5.00. The maximum Gasteiger partial charge on any atom is 0.307 e. The molecule has 20 heavy (non-hydrogen) atoms. The Morgan fingerprint density at radius 3 is 2.50 bits per heavy atom. The minimum Gasteiger partial charge on any atom is -0.481 e. The van der Waals surface area contributed by atoms with E-state index in [-0.39, 0.29) is 11.9 Å². The van der Waals surface area contributed by atoms with Gasteiger partial charge >= 0.3 is 5.97 Å². The van der Waals surface area contributed by atoms with Crippen molar-refractivity contribution in [3.8, 4) is 0 Å². The molecule has 2 rings (SSSR count). The van der Waals surface area contributed by atoms with Crippen molar-refractivity contribution in [1.29, 1.82) is 0 Å². The number of piperidine rings is 1. The Bertz CT molecular complexity index is 385. The molecule has 0 saturated carbocycles. The molecule has 0 radical (unpaired) electrons. The van der Waals surface area contributed by atoms with Gasteiger partial charge in [0.2, 0.25) is 5.91 Å². The van der Waals surface area contributed by atoms with E-state index in [0.29, 0.717) is 6.04 Å². The number of carboxylic acid groups (broad SMARTS) is 1. The van der Waals surface area contributed by atoms with Gasteiger partial charge in [0.1, 0.15) is 0 Å². The fourth-order valence-corrected chi connectivity index (χ4v) is 3.35. The van der Waals surface area contributed by atoms with Gasteiger partial charge < -0.3 is 10.0 Å².